The average Bonchev–Trinajstić information content (AvgIpc) is 2.16. The zero-order chi connectivity index (χ0) is 10.7. The van der Waals surface area contributed by atoms with Gasteiger partial charge in [0.25, 0.3) is 0 Å². The maximum atomic E-state index is 11.2. The molecule has 4 N–H and O–H groups in total. The maximum absolute atomic E-state index is 11.2. The van der Waals surface area contributed by atoms with Gasteiger partial charge in [-0.3, -0.25) is 4.79 Å². The predicted molar refractivity (Wildman–Crippen MR) is 55.3 cm³/mol. The van der Waals surface area contributed by atoms with E-state index < -0.39 is 0 Å². The van der Waals surface area contributed by atoms with Gasteiger partial charge < -0.3 is 16.2 Å². The highest BCUT2D eigenvalue weighted by Crippen LogP contribution is 2.27. The van der Waals surface area contributed by atoms with Gasteiger partial charge in [-0.25, -0.2) is 0 Å². The van der Waals surface area contributed by atoms with Gasteiger partial charge in [-0.1, -0.05) is 0 Å². The summed E-state index contributed by atoms with van der Waals surface area (Å²) in [6.45, 7) is 1.73. The van der Waals surface area contributed by atoms with E-state index >= 15 is 0 Å². The Balaban J connectivity index is 3.34. The summed E-state index contributed by atoms with van der Waals surface area (Å²) in [7, 11) is 1.54. The predicted octanol–water partition coefficient (Wildman–Crippen LogP) is 0.939. The zero-order valence-corrected chi connectivity index (χ0v) is 8.33. The number of hydrogen-bond acceptors (Lipinski definition) is 4. The van der Waals surface area contributed by atoms with Crippen molar-refractivity contribution in [2.24, 2.45) is 5.73 Å². The van der Waals surface area contributed by atoms with Crippen molar-refractivity contribution in [2.75, 3.05) is 12.8 Å². The smallest absolute Gasteiger partial charge is 0.161 e. The van der Waals surface area contributed by atoms with Crippen LogP contribution in [0.3, 0.4) is 0 Å². The molecule has 0 aliphatic carbocycles. The van der Waals surface area contributed by atoms with Crippen molar-refractivity contribution in [1.29, 1.82) is 0 Å². The number of carbonyl (C=O) groups excluding carboxylic acids is 1. The van der Waals surface area contributed by atoms with E-state index in [1.165, 1.54) is 6.92 Å². The van der Waals surface area contributed by atoms with Gasteiger partial charge >= 0.3 is 0 Å². The third kappa shape index (κ3) is 1.70. The number of nitrogens with two attached hydrogens (primary N) is 2. The number of rotatable bonds is 3. The Kier molecular flexibility index (Phi) is 3.09. The number of hydrogen-bond donors (Lipinski definition) is 2. The van der Waals surface area contributed by atoms with Crippen molar-refractivity contribution in [3.63, 3.8) is 0 Å². The van der Waals surface area contributed by atoms with Gasteiger partial charge in [-0.05, 0) is 19.1 Å². The summed E-state index contributed by atoms with van der Waals surface area (Å²) in [6, 6.07) is 3.35. The first-order valence-electron chi connectivity index (χ1n) is 4.28. The maximum Gasteiger partial charge on any atom is 0.161 e. The van der Waals surface area contributed by atoms with Crippen LogP contribution in [-0.2, 0) is 6.54 Å². The number of ether oxygens (including phenoxy) is 1. The minimum absolute atomic E-state index is 0.0696. The molecule has 0 saturated heterocycles. The highest BCUT2D eigenvalue weighted by atomic mass is 16.5. The molecule has 1 rings (SSSR count). The Morgan fingerprint density at radius 2 is 2.14 bits per heavy atom. The fraction of sp³-hybridized carbons (Fsp3) is 0.300. The van der Waals surface area contributed by atoms with Gasteiger partial charge in [0.2, 0.25) is 0 Å². The first kappa shape index (κ1) is 10.5. The van der Waals surface area contributed by atoms with Crippen LogP contribution in [0.4, 0.5) is 5.69 Å². The molecular weight excluding hydrogens is 180 g/mol. The van der Waals surface area contributed by atoms with Crippen LogP contribution in [0.15, 0.2) is 12.1 Å². The summed E-state index contributed by atoms with van der Waals surface area (Å²) < 4.78 is 5.08. The lowest BCUT2D eigenvalue weighted by molar-refractivity contribution is 0.101. The zero-order valence-electron chi connectivity index (χ0n) is 8.33. The Morgan fingerprint density at radius 1 is 1.50 bits per heavy atom. The van der Waals surface area contributed by atoms with Gasteiger partial charge in [0, 0.05) is 17.7 Å². The van der Waals surface area contributed by atoms with Crippen LogP contribution >= 0.6 is 0 Å². The van der Waals surface area contributed by atoms with Gasteiger partial charge in [-0.2, -0.15) is 0 Å². The van der Waals surface area contributed by atoms with Crippen molar-refractivity contribution in [2.45, 2.75) is 13.5 Å². The molecule has 0 amide bonds. The molecule has 0 radical (unpaired) electrons. The average molecular weight is 194 g/mol. The monoisotopic (exact) mass is 194 g/mol. The van der Waals surface area contributed by atoms with Gasteiger partial charge in [0.1, 0.15) is 5.75 Å². The molecular formula is C10H14N2O2. The van der Waals surface area contributed by atoms with E-state index in [-0.39, 0.29) is 12.3 Å². The highest BCUT2D eigenvalue weighted by molar-refractivity contribution is 6.00. The number of benzene rings is 1. The number of nitrogen functional groups attached to an aromatic ring is 1. The topological polar surface area (TPSA) is 78.3 Å². The molecule has 1 aromatic rings. The second kappa shape index (κ2) is 4.11. The van der Waals surface area contributed by atoms with Crippen LogP contribution in [0.1, 0.15) is 22.8 Å². The van der Waals surface area contributed by atoms with Crippen molar-refractivity contribution >= 4 is 11.5 Å². The lowest BCUT2D eigenvalue weighted by atomic mass is 10.0. The van der Waals surface area contributed by atoms with E-state index in [4.69, 9.17) is 16.2 Å². The van der Waals surface area contributed by atoms with E-state index in [0.717, 1.165) is 0 Å². The largest absolute Gasteiger partial charge is 0.496 e. The quantitative estimate of drug-likeness (QED) is 0.554. The number of anilines is 1. The summed E-state index contributed by atoms with van der Waals surface area (Å²) in [4.78, 5) is 11.2. The van der Waals surface area contributed by atoms with Crippen LogP contribution in [-0.4, -0.2) is 12.9 Å². The minimum Gasteiger partial charge on any atom is -0.496 e. The summed E-state index contributed by atoms with van der Waals surface area (Å²) in [5.74, 6) is 0.551. The van der Waals surface area contributed by atoms with Crippen LogP contribution in [0, 0.1) is 0 Å². The molecule has 4 heteroatoms. The molecule has 0 spiro atoms. The first-order valence-corrected chi connectivity index (χ1v) is 4.28. The normalized spacial score (nSPS) is 9.93. The van der Waals surface area contributed by atoms with Crippen LogP contribution < -0.4 is 16.2 Å². The van der Waals surface area contributed by atoms with Gasteiger partial charge in [-0.15, -0.1) is 0 Å². The van der Waals surface area contributed by atoms with E-state index in [9.17, 15) is 4.79 Å². The summed E-state index contributed by atoms with van der Waals surface area (Å²) in [6.07, 6.45) is 0. The second-order valence-electron chi connectivity index (χ2n) is 2.97. The number of methoxy groups -OCH3 is 1. The molecule has 0 saturated carbocycles. The minimum atomic E-state index is -0.0696. The molecule has 0 unspecified atom stereocenters. The molecule has 1 aromatic carbocycles. The Morgan fingerprint density at radius 3 is 2.57 bits per heavy atom. The first-order chi connectivity index (χ1) is 6.61. The molecule has 14 heavy (non-hydrogen) atoms. The lowest BCUT2D eigenvalue weighted by Crippen LogP contribution is -2.08. The van der Waals surface area contributed by atoms with Crippen LogP contribution in [0.2, 0.25) is 0 Å². The van der Waals surface area contributed by atoms with Crippen molar-refractivity contribution in [3.05, 3.63) is 23.3 Å². The van der Waals surface area contributed by atoms with E-state index in [1.807, 2.05) is 0 Å². The number of ketones is 1. The highest BCUT2D eigenvalue weighted by Gasteiger charge is 2.12. The second-order valence-corrected chi connectivity index (χ2v) is 2.97. The fourth-order valence-corrected chi connectivity index (χ4v) is 1.35. The van der Waals surface area contributed by atoms with E-state index in [2.05, 4.69) is 0 Å². The third-order valence-electron chi connectivity index (χ3n) is 2.12. The van der Waals surface area contributed by atoms with E-state index in [0.29, 0.717) is 22.6 Å². The molecule has 0 fully saturated rings. The SMILES string of the molecule is COc1ccc(C(C)=O)c(N)c1CN. The Hall–Kier alpha value is -1.55. The fourth-order valence-electron chi connectivity index (χ4n) is 1.35. The van der Waals surface area contributed by atoms with Crippen molar-refractivity contribution in [3.8, 4) is 5.75 Å². The Bertz CT molecular complexity index is 361. The summed E-state index contributed by atoms with van der Waals surface area (Å²) in [5, 5.41) is 0. The van der Waals surface area contributed by atoms with Crippen molar-refractivity contribution < 1.29 is 9.53 Å². The lowest BCUT2D eigenvalue weighted by Gasteiger charge is -2.11. The Labute approximate surface area is 82.8 Å². The standard InChI is InChI=1S/C10H14N2O2/c1-6(13)7-3-4-9(14-2)8(5-11)10(7)12/h3-4H,5,11-12H2,1-2H3. The molecule has 0 atom stereocenters. The molecule has 0 aliphatic heterocycles. The van der Waals surface area contributed by atoms with E-state index in [1.54, 1.807) is 19.2 Å². The molecule has 0 aromatic heterocycles. The molecule has 0 aliphatic rings. The van der Waals surface area contributed by atoms with Crippen molar-refractivity contribution in [1.82, 2.24) is 0 Å². The third-order valence-corrected chi connectivity index (χ3v) is 2.12. The van der Waals surface area contributed by atoms with Crippen LogP contribution in [0.25, 0.3) is 0 Å². The number of carbonyl (C=O) groups is 1. The van der Waals surface area contributed by atoms with Crippen LogP contribution in [0.5, 0.6) is 5.75 Å². The van der Waals surface area contributed by atoms with Gasteiger partial charge in [0.15, 0.2) is 5.78 Å². The summed E-state index contributed by atoms with van der Waals surface area (Å²) >= 11 is 0. The number of Topliss-reactive ketones (excluding diaryl/α,β-unsaturated/α-hetero) is 1. The molecule has 0 bridgehead atoms. The molecule has 0 heterocycles. The molecule has 76 valence electrons. The van der Waals surface area contributed by atoms with Gasteiger partial charge in [0.05, 0.1) is 12.8 Å². The summed E-state index contributed by atoms with van der Waals surface area (Å²) in [5.41, 5.74) is 12.9. The molecule has 4 nitrogen and oxygen atoms in total.